The predicted molar refractivity (Wildman–Crippen MR) is 78.7 cm³/mol. The number of hydrogen-bond acceptors (Lipinski definition) is 2. The average molecular weight is 251 g/mol. The van der Waals surface area contributed by atoms with Crippen molar-refractivity contribution in [3.05, 3.63) is 29.8 Å². The summed E-state index contributed by atoms with van der Waals surface area (Å²) in [7, 11) is 0. The number of thioether (sulfide) groups is 1. The number of nitrogens with one attached hydrogen (secondary N) is 1. The van der Waals surface area contributed by atoms with Crippen LogP contribution < -0.4 is 5.32 Å². The summed E-state index contributed by atoms with van der Waals surface area (Å²) in [6.45, 7) is 11.3. The van der Waals surface area contributed by atoms with Gasteiger partial charge in [0, 0.05) is 17.0 Å². The quantitative estimate of drug-likeness (QED) is 0.791. The molecule has 0 amide bonds. The van der Waals surface area contributed by atoms with Crippen LogP contribution in [0.2, 0.25) is 0 Å². The van der Waals surface area contributed by atoms with E-state index >= 15 is 0 Å². The van der Waals surface area contributed by atoms with Gasteiger partial charge in [-0.2, -0.15) is 0 Å². The summed E-state index contributed by atoms with van der Waals surface area (Å²) >= 11 is 1.79. The first-order chi connectivity index (χ1) is 7.84. The average Bonchev–Trinajstić information content (AvgIpc) is 2.27. The molecule has 0 aliphatic carbocycles. The van der Waals surface area contributed by atoms with Crippen molar-refractivity contribution in [1.82, 2.24) is 5.32 Å². The second-order valence-corrected chi connectivity index (χ2v) is 6.63. The third kappa shape index (κ3) is 4.36. The molecular weight excluding hydrogens is 226 g/mol. The minimum atomic E-state index is 0.299. The highest BCUT2D eigenvalue weighted by Crippen LogP contribution is 2.23. The molecule has 0 aliphatic rings. The maximum atomic E-state index is 3.67. The second kappa shape index (κ2) is 5.92. The molecule has 0 bridgehead atoms. The molecule has 1 aromatic carbocycles. The molecule has 2 unspecified atom stereocenters. The molecule has 96 valence electrons. The molecule has 1 N–H and O–H groups in total. The van der Waals surface area contributed by atoms with Crippen molar-refractivity contribution in [2.24, 2.45) is 5.41 Å². The minimum Gasteiger partial charge on any atom is -0.307 e. The van der Waals surface area contributed by atoms with Crippen LogP contribution in [0.4, 0.5) is 0 Å². The summed E-state index contributed by atoms with van der Waals surface area (Å²) in [5.41, 5.74) is 1.66. The van der Waals surface area contributed by atoms with E-state index in [1.165, 1.54) is 10.5 Å². The lowest BCUT2D eigenvalue weighted by Gasteiger charge is -2.31. The summed E-state index contributed by atoms with van der Waals surface area (Å²) in [6.07, 6.45) is 2.11. The molecule has 1 aromatic rings. The zero-order valence-corrected chi connectivity index (χ0v) is 12.7. The molecule has 0 heterocycles. The Hall–Kier alpha value is -0.470. The van der Waals surface area contributed by atoms with E-state index in [-0.39, 0.29) is 0 Å². The molecule has 1 nitrogen and oxygen atoms in total. The van der Waals surface area contributed by atoms with Crippen LogP contribution in [0.1, 0.15) is 46.2 Å². The van der Waals surface area contributed by atoms with E-state index < -0.39 is 0 Å². The van der Waals surface area contributed by atoms with Gasteiger partial charge in [-0.05, 0) is 43.2 Å². The predicted octanol–water partition coefficient (Wildman–Crippen LogP) is 4.49. The standard InChI is InChI=1S/C15H25NS/c1-11(16-12(2)15(3,4)5)13-7-9-14(17-6)10-8-13/h7-12,16H,1-6H3. The number of rotatable bonds is 4. The summed E-state index contributed by atoms with van der Waals surface area (Å²) in [6, 6.07) is 9.73. The van der Waals surface area contributed by atoms with Crippen LogP contribution in [0.25, 0.3) is 0 Å². The maximum absolute atomic E-state index is 3.67. The van der Waals surface area contributed by atoms with Gasteiger partial charge in [-0.3, -0.25) is 0 Å². The van der Waals surface area contributed by atoms with Gasteiger partial charge in [0.25, 0.3) is 0 Å². The van der Waals surface area contributed by atoms with Crippen LogP contribution in [-0.2, 0) is 0 Å². The zero-order chi connectivity index (χ0) is 13.1. The van der Waals surface area contributed by atoms with Crippen LogP contribution in [-0.4, -0.2) is 12.3 Å². The third-order valence-corrected chi connectivity index (χ3v) is 4.16. The Bertz CT molecular complexity index is 337. The molecule has 1 rings (SSSR count). The second-order valence-electron chi connectivity index (χ2n) is 5.75. The van der Waals surface area contributed by atoms with Crippen molar-refractivity contribution in [2.75, 3.05) is 6.26 Å². The van der Waals surface area contributed by atoms with Gasteiger partial charge in [-0.15, -0.1) is 11.8 Å². The molecule has 0 spiro atoms. The molecule has 0 aromatic heterocycles. The Kier molecular flexibility index (Phi) is 5.08. The van der Waals surface area contributed by atoms with Crippen LogP contribution >= 0.6 is 11.8 Å². The molecule has 2 atom stereocenters. The van der Waals surface area contributed by atoms with Crippen molar-refractivity contribution in [3.63, 3.8) is 0 Å². The van der Waals surface area contributed by atoms with Crippen molar-refractivity contribution in [2.45, 2.75) is 51.6 Å². The van der Waals surface area contributed by atoms with Gasteiger partial charge in [-0.25, -0.2) is 0 Å². The maximum Gasteiger partial charge on any atom is 0.0294 e. The highest BCUT2D eigenvalue weighted by atomic mass is 32.2. The first-order valence-corrected chi connectivity index (χ1v) is 7.47. The van der Waals surface area contributed by atoms with Crippen molar-refractivity contribution in [1.29, 1.82) is 0 Å². The molecule has 17 heavy (non-hydrogen) atoms. The first kappa shape index (κ1) is 14.6. The number of hydrogen-bond donors (Lipinski definition) is 1. The molecule has 2 heteroatoms. The highest BCUT2D eigenvalue weighted by Gasteiger charge is 2.21. The lowest BCUT2D eigenvalue weighted by molar-refractivity contribution is 0.268. The zero-order valence-electron chi connectivity index (χ0n) is 11.9. The topological polar surface area (TPSA) is 12.0 Å². The van der Waals surface area contributed by atoms with Gasteiger partial charge in [-0.1, -0.05) is 32.9 Å². The van der Waals surface area contributed by atoms with Gasteiger partial charge < -0.3 is 5.32 Å². The van der Waals surface area contributed by atoms with Gasteiger partial charge in [0.05, 0.1) is 0 Å². The van der Waals surface area contributed by atoms with E-state index in [1.54, 1.807) is 11.8 Å². The lowest BCUT2D eigenvalue weighted by Crippen LogP contribution is -2.39. The summed E-state index contributed by atoms with van der Waals surface area (Å²) in [5.74, 6) is 0. The fraction of sp³-hybridized carbons (Fsp3) is 0.600. The molecule has 0 saturated heterocycles. The van der Waals surface area contributed by atoms with E-state index in [2.05, 4.69) is 70.5 Å². The van der Waals surface area contributed by atoms with E-state index in [1.807, 2.05) is 0 Å². The fourth-order valence-corrected chi connectivity index (χ4v) is 2.02. The lowest BCUT2D eigenvalue weighted by atomic mass is 9.87. The normalized spacial score (nSPS) is 15.6. The first-order valence-electron chi connectivity index (χ1n) is 6.24. The van der Waals surface area contributed by atoms with Gasteiger partial charge in [0.1, 0.15) is 0 Å². The van der Waals surface area contributed by atoms with E-state index in [4.69, 9.17) is 0 Å². The molecule has 0 radical (unpaired) electrons. The smallest absolute Gasteiger partial charge is 0.0294 e. The summed E-state index contributed by atoms with van der Waals surface area (Å²) in [4.78, 5) is 1.32. The Balaban J connectivity index is 2.66. The van der Waals surface area contributed by atoms with Crippen molar-refractivity contribution in [3.8, 4) is 0 Å². The fourth-order valence-electron chi connectivity index (χ4n) is 1.61. The Labute approximate surface area is 110 Å². The Morgan fingerprint density at radius 2 is 1.59 bits per heavy atom. The third-order valence-electron chi connectivity index (χ3n) is 3.41. The molecule has 0 aliphatic heterocycles. The Morgan fingerprint density at radius 1 is 1.06 bits per heavy atom. The van der Waals surface area contributed by atoms with Gasteiger partial charge in [0.2, 0.25) is 0 Å². The summed E-state index contributed by atoms with van der Waals surface area (Å²) in [5, 5.41) is 3.67. The van der Waals surface area contributed by atoms with Gasteiger partial charge >= 0.3 is 0 Å². The van der Waals surface area contributed by atoms with Crippen molar-refractivity contribution >= 4 is 11.8 Å². The molecule has 0 fully saturated rings. The Morgan fingerprint density at radius 3 is 2.00 bits per heavy atom. The molecule has 0 saturated carbocycles. The van der Waals surface area contributed by atoms with Crippen LogP contribution in [0.3, 0.4) is 0 Å². The highest BCUT2D eigenvalue weighted by molar-refractivity contribution is 7.98. The minimum absolute atomic E-state index is 0.299. The van der Waals surface area contributed by atoms with Gasteiger partial charge in [0.15, 0.2) is 0 Å². The monoisotopic (exact) mass is 251 g/mol. The van der Waals surface area contributed by atoms with Crippen LogP contribution in [0, 0.1) is 5.41 Å². The summed E-state index contributed by atoms with van der Waals surface area (Å²) < 4.78 is 0. The van der Waals surface area contributed by atoms with E-state index in [0.717, 1.165) is 0 Å². The SMILES string of the molecule is CSc1ccc(C(C)NC(C)C(C)(C)C)cc1. The van der Waals surface area contributed by atoms with E-state index in [0.29, 0.717) is 17.5 Å². The van der Waals surface area contributed by atoms with Crippen LogP contribution in [0.15, 0.2) is 29.2 Å². The number of benzene rings is 1. The van der Waals surface area contributed by atoms with Crippen LogP contribution in [0.5, 0.6) is 0 Å². The molecular formula is C15H25NS. The van der Waals surface area contributed by atoms with Crippen molar-refractivity contribution < 1.29 is 0 Å². The largest absolute Gasteiger partial charge is 0.307 e. The van der Waals surface area contributed by atoms with E-state index in [9.17, 15) is 0 Å².